The number of hydrogen-bond donors (Lipinski definition) is 2. The van der Waals surface area contributed by atoms with E-state index in [9.17, 15) is 0 Å². The molecule has 17 heavy (non-hydrogen) atoms. The zero-order valence-electron chi connectivity index (χ0n) is 10.6. The first-order valence-electron chi connectivity index (χ1n) is 5.28. The van der Waals surface area contributed by atoms with Crippen LogP contribution in [0.1, 0.15) is 25.2 Å². The van der Waals surface area contributed by atoms with Gasteiger partial charge in [-0.25, -0.2) is 9.97 Å². The van der Waals surface area contributed by atoms with Gasteiger partial charge in [-0.1, -0.05) is 12.2 Å². The average molecular weight is 254 g/mol. The van der Waals surface area contributed by atoms with Crippen LogP contribution in [0.4, 0.5) is 5.95 Å². The minimum Gasteiger partial charge on any atom is -0.388 e. The van der Waals surface area contributed by atoms with Crippen LogP contribution in [0.15, 0.2) is 6.07 Å². The number of hydrogen-bond acceptors (Lipinski definition) is 5. The molecule has 0 aromatic carbocycles. The molecule has 6 heteroatoms. The first-order chi connectivity index (χ1) is 7.84. The second-order valence-electron chi connectivity index (χ2n) is 4.40. The van der Waals surface area contributed by atoms with E-state index in [1.165, 1.54) is 0 Å². The summed E-state index contributed by atoms with van der Waals surface area (Å²) in [6.45, 7) is 6.42. The number of nitrogens with zero attached hydrogens (tertiary/aromatic N) is 2. The number of methoxy groups -OCH3 is 1. The van der Waals surface area contributed by atoms with Crippen LogP contribution in [0.2, 0.25) is 0 Å². The van der Waals surface area contributed by atoms with Crippen LogP contribution in [0.3, 0.4) is 0 Å². The van der Waals surface area contributed by atoms with Crippen LogP contribution in [0.25, 0.3) is 0 Å². The van der Waals surface area contributed by atoms with Gasteiger partial charge < -0.3 is 15.8 Å². The van der Waals surface area contributed by atoms with E-state index in [-0.39, 0.29) is 10.6 Å². The predicted octanol–water partition coefficient (Wildman–Crippen LogP) is 1.26. The van der Waals surface area contributed by atoms with Crippen LogP contribution < -0.4 is 11.1 Å². The minimum atomic E-state index is -0.281. The number of aryl methyl sites for hydroxylation is 1. The lowest BCUT2D eigenvalue weighted by molar-refractivity contribution is 0.0342. The molecule has 3 N–H and O–H groups in total. The molecule has 0 unspecified atom stereocenters. The van der Waals surface area contributed by atoms with Crippen molar-refractivity contribution in [1.29, 1.82) is 0 Å². The summed E-state index contributed by atoms with van der Waals surface area (Å²) in [7, 11) is 1.67. The van der Waals surface area contributed by atoms with Crippen LogP contribution in [0, 0.1) is 6.92 Å². The summed E-state index contributed by atoms with van der Waals surface area (Å²) in [5, 5.41) is 3.11. The largest absolute Gasteiger partial charge is 0.388 e. The number of ether oxygens (including phenoxy) is 1. The van der Waals surface area contributed by atoms with Crippen molar-refractivity contribution in [2.24, 2.45) is 5.73 Å². The number of nitrogens with two attached hydrogens (primary N) is 1. The molecule has 1 heterocycles. The summed E-state index contributed by atoms with van der Waals surface area (Å²) >= 11 is 4.90. The van der Waals surface area contributed by atoms with Crippen LogP contribution in [-0.4, -0.2) is 34.2 Å². The quantitative estimate of drug-likeness (QED) is 0.771. The molecule has 5 nitrogen and oxygen atoms in total. The molecule has 0 aliphatic carbocycles. The lowest BCUT2D eigenvalue weighted by Gasteiger charge is -2.23. The van der Waals surface area contributed by atoms with Gasteiger partial charge in [-0.3, -0.25) is 0 Å². The van der Waals surface area contributed by atoms with Gasteiger partial charge in [0, 0.05) is 19.3 Å². The molecule has 1 aromatic rings. The van der Waals surface area contributed by atoms with E-state index in [0.717, 1.165) is 5.69 Å². The number of anilines is 1. The van der Waals surface area contributed by atoms with Gasteiger partial charge in [0.2, 0.25) is 5.95 Å². The van der Waals surface area contributed by atoms with E-state index in [1.54, 1.807) is 13.2 Å². The summed E-state index contributed by atoms with van der Waals surface area (Å²) in [5.74, 6) is 0.512. The topological polar surface area (TPSA) is 73.1 Å². The van der Waals surface area contributed by atoms with Crippen molar-refractivity contribution in [2.75, 3.05) is 19.0 Å². The lowest BCUT2D eigenvalue weighted by atomic mass is 10.1. The number of thiocarbonyl (C=S) groups is 1. The summed E-state index contributed by atoms with van der Waals surface area (Å²) in [4.78, 5) is 8.76. The summed E-state index contributed by atoms with van der Waals surface area (Å²) in [6.07, 6.45) is 0. The minimum absolute atomic E-state index is 0.268. The Hall–Kier alpha value is -1.27. The molecular weight excluding hydrogens is 236 g/mol. The molecule has 0 amide bonds. The molecule has 0 spiro atoms. The van der Waals surface area contributed by atoms with Crippen molar-refractivity contribution < 1.29 is 4.74 Å². The second-order valence-corrected chi connectivity index (χ2v) is 4.84. The molecule has 0 aliphatic rings. The molecule has 1 aromatic heterocycles. The highest BCUT2D eigenvalue weighted by Gasteiger charge is 2.16. The maximum atomic E-state index is 5.55. The Labute approximate surface area is 107 Å². The molecule has 0 atom stereocenters. The Morgan fingerprint density at radius 2 is 2.18 bits per heavy atom. The monoisotopic (exact) mass is 254 g/mol. The Morgan fingerprint density at radius 1 is 1.53 bits per heavy atom. The Bertz CT molecular complexity index is 420. The van der Waals surface area contributed by atoms with E-state index in [1.807, 2.05) is 20.8 Å². The maximum Gasteiger partial charge on any atom is 0.223 e. The van der Waals surface area contributed by atoms with Crippen molar-refractivity contribution in [3.8, 4) is 0 Å². The maximum absolute atomic E-state index is 5.55. The fourth-order valence-corrected chi connectivity index (χ4v) is 1.24. The first-order valence-corrected chi connectivity index (χ1v) is 5.69. The zero-order valence-corrected chi connectivity index (χ0v) is 11.4. The highest BCUT2D eigenvalue weighted by molar-refractivity contribution is 7.80. The zero-order chi connectivity index (χ0) is 13.1. The number of aromatic nitrogens is 2. The van der Waals surface area contributed by atoms with E-state index in [0.29, 0.717) is 18.2 Å². The van der Waals surface area contributed by atoms with Gasteiger partial charge in [-0.2, -0.15) is 0 Å². The molecular formula is C11H18N4OS. The van der Waals surface area contributed by atoms with E-state index >= 15 is 0 Å². The third-order valence-electron chi connectivity index (χ3n) is 2.33. The average Bonchev–Trinajstić information content (AvgIpc) is 2.26. The third kappa shape index (κ3) is 4.24. The molecule has 94 valence electrons. The smallest absolute Gasteiger partial charge is 0.223 e. The SMILES string of the molecule is COC(C)(C)CNc1nc(C)cc(C(N)=S)n1. The van der Waals surface area contributed by atoms with Gasteiger partial charge in [-0.15, -0.1) is 0 Å². The third-order valence-corrected chi connectivity index (χ3v) is 2.54. The van der Waals surface area contributed by atoms with Gasteiger partial charge >= 0.3 is 0 Å². The highest BCUT2D eigenvalue weighted by Crippen LogP contribution is 2.10. The molecule has 1 rings (SSSR count). The summed E-state index contributed by atoms with van der Waals surface area (Å²) in [6, 6.07) is 1.76. The Kier molecular flexibility index (Phi) is 4.36. The van der Waals surface area contributed by atoms with Gasteiger partial charge in [0.15, 0.2) is 0 Å². The highest BCUT2D eigenvalue weighted by atomic mass is 32.1. The molecule has 0 bridgehead atoms. The van der Waals surface area contributed by atoms with Crippen molar-refractivity contribution in [1.82, 2.24) is 9.97 Å². The summed E-state index contributed by atoms with van der Waals surface area (Å²) in [5.41, 5.74) is 6.66. The fourth-order valence-electron chi connectivity index (χ4n) is 1.14. The normalized spacial score (nSPS) is 11.3. The van der Waals surface area contributed by atoms with Crippen molar-refractivity contribution in [3.63, 3.8) is 0 Å². The Morgan fingerprint density at radius 3 is 2.71 bits per heavy atom. The van der Waals surface area contributed by atoms with Crippen LogP contribution in [0.5, 0.6) is 0 Å². The van der Waals surface area contributed by atoms with Crippen molar-refractivity contribution >= 4 is 23.2 Å². The molecule has 0 saturated carbocycles. The van der Waals surface area contributed by atoms with Gasteiger partial charge in [0.1, 0.15) is 10.7 Å². The predicted molar refractivity (Wildman–Crippen MR) is 72.2 cm³/mol. The molecule has 0 fully saturated rings. The number of nitrogens with one attached hydrogen (secondary N) is 1. The van der Waals surface area contributed by atoms with Crippen LogP contribution >= 0.6 is 12.2 Å². The fraction of sp³-hybridized carbons (Fsp3) is 0.545. The molecule has 0 radical (unpaired) electrons. The van der Waals surface area contributed by atoms with E-state index in [4.69, 9.17) is 22.7 Å². The van der Waals surface area contributed by atoms with Crippen molar-refractivity contribution in [2.45, 2.75) is 26.4 Å². The lowest BCUT2D eigenvalue weighted by Crippen LogP contribution is -2.32. The number of rotatable bonds is 5. The standard InChI is InChI=1S/C11H18N4OS/c1-7-5-8(9(12)17)15-10(14-7)13-6-11(2,3)16-4/h5H,6H2,1-4H3,(H2,12,17)(H,13,14,15). The summed E-state index contributed by atoms with van der Waals surface area (Å²) < 4.78 is 5.30. The molecule has 0 aliphatic heterocycles. The van der Waals surface area contributed by atoms with Crippen molar-refractivity contribution in [3.05, 3.63) is 17.5 Å². The van der Waals surface area contributed by atoms with Gasteiger partial charge in [-0.05, 0) is 26.8 Å². The van der Waals surface area contributed by atoms with Gasteiger partial charge in [0.25, 0.3) is 0 Å². The second kappa shape index (κ2) is 5.37. The Balaban J connectivity index is 2.81. The van der Waals surface area contributed by atoms with Crippen LogP contribution in [-0.2, 0) is 4.74 Å². The molecule has 0 saturated heterocycles. The van der Waals surface area contributed by atoms with E-state index in [2.05, 4.69) is 15.3 Å². The van der Waals surface area contributed by atoms with Gasteiger partial charge in [0.05, 0.1) is 5.60 Å². The first kappa shape index (κ1) is 13.8. The van der Waals surface area contributed by atoms with E-state index < -0.39 is 0 Å².